The highest BCUT2D eigenvalue weighted by Crippen LogP contribution is 2.31. The highest BCUT2D eigenvalue weighted by Gasteiger charge is 2.24. The van der Waals surface area contributed by atoms with Crippen molar-refractivity contribution < 1.29 is 9.53 Å². The lowest BCUT2D eigenvalue weighted by Crippen LogP contribution is -2.43. The van der Waals surface area contributed by atoms with Crippen molar-refractivity contribution in [3.05, 3.63) is 40.6 Å². The van der Waals surface area contributed by atoms with E-state index in [1.807, 2.05) is 31.3 Å². The third-order valence-corrected chi connectivity index (χ3v) is 6.28. The van der Waals surface area contributed by atoms with E-state index in [0.29, 0.717) is 17.4 Å². The molecule has 0 spiro atoms. The Labute approximate surface area is 176 Å². The first-order valence-electron chi connectivity index (χ1n) is 9.35. The molecule has 1 fully saturated rings. The third-order valence-electron chi connectivity index (χ3n) is 4.74. The van der Waals surface area contributed by atoms with Gasteiger partial charge < -0.3 is 4.74 Å². The fraction of sp³-hybridized carbons (Fsp3) is 0.421. The number of halogens is 1. The van der Waals surface area contributed by atoms with Crippen molar-refractivity contribution in [2.75, 3.05) is 44.3 Å². The summed E-state index contributed by atoms with van der Waals surface area (Å²) >= 11 is 5.03. The summed E-state index contributed by atoms with van der Waals surface area (Å²) in [6, 6.07) is 7.74. The molecule has 0 N–H and O–H groups in total. The van der Waals surface area contributed by atoms with Crippen LogP contribution in [-0.2, 0) is 11.3 Å². The number of morpholine rings is 1. The Morgan fingerprint density at radius 3 is 2.89 bits per heavy atom. The van der Waals surface area contributed by atoms with Crippen LogP contribution in [-0.4, -0.2) is 65.0 Å². The highest BCUT2D eigenvalue weighted by atomic mass is 79.9. The van der Waals surface area contributed by atoms with Crippen LogP contribution in [0.2, 0.25) is 0 Å². The summed E-state index contributed by atoms with van der Waals surface area (Å²) in [7, 11) is 0. The number of rotatable bonds is 6. The average molecular weight is 464 g/mol. The second-order valence-electron chi connectivity index (χ2n) is 6.58. The first-order valence-corrected chi connectivity index (χ1v) is 11.0. The molecular formula is C19H22BrN5O2S. The average Bonchev–Trinajstić information content (AvgIpc) is 3.35. The van der Waals surface area contributed by atoms with Crippen molar-refractivity contribution in [2.24, 2.45) is 0 Å². The summed E-state index contributed by atoms with van der Waals surface area (Å²) in [5.74, 6) is -0.112. The van der Waals surface area contributed by atoms with Gasteiger partial charge in [0.05, 0.1) is 23.4 Å². The zero-order valence-corrected chi connectivity index (χ0v) is 18.1. The van der Waals surface area contributed by atoms with Gasteiger partial charge in [-0.3, -0.25) is 19.3 Å². The molecule has 1 saturated heterocycles. The number of thiazole rings is 1. The molecule has 4 rings (SSSR count). The number of amides is 1. The molecule has 2 aromatic heterocycles. The van der Waals surface area contributed by atoms with Gasteiger partial charge >= 0.3 is 0 Å². The Kier molecular flexibility index (Phi) is 6.05. The van der Waals surface area contributed by atoms with Crippen LogP contribution in [0, 0.1) is 0 Å². The van der Waals surface area contributed by atoms with Crippen LogP contribution in [0.4, 0.5) is 5.13 Å². The van der Waals surface area contributed by atoms with Crippen molar-refractivity contribution in [1.82, 2.24) is 19.7 Å². The normalized spacial score (nSPS) is 15.2. The smallest absolute Gasteiger partial charge is 0.280 e. The van der Waals surface area contributed by atoms with E-state index < -0.39 is 0 Å². The molecule has 1 amide bonds. The van der Waals surface area contributed by atoms with Gasteiger partial charge in [-0.15, -0.1) is 0 Å². The molecule has 0 bridgehead atoms. The molecule has 0 atom stereocenters. The van der Waals surface area contributed by atoms with E-state index in [9.17, 15) is 4.79 Å². The lowest BCUT2D eigenvalue weighted by atomic mass is 10.3. The SMILES string of the molecule is CCn1ccc(C(=O)N(CCN2CCOCC2)c2nc3ccc(Br)cc3s2)n1. The number of anilines is 1. The summed E-state index contributed by atoms with van der Waals surface area (Å²) in [5, 5.41) is 5.11. The standard InChI is InChI=1S/C19H22BrN5O2S/c1-2-24-6-5-16(22-24)18(26)25(8-7-23-9-11-27-12-10-23)19-21-15-4-3-14(20)13-17(15)28-19/h3-6,13H,2,7-12H2,1H3. The summed E-state index contributed by atoms with van der Waals surface area (Å²) < 4.78 is 9.24. The minimum Gasteiger partial charge on any atom is -0.379 e. The number of aryl methyl sites for hydroxylation is 1. The lowest BCUT2D eigenvalue weighted by molar-refractivity contribution is 0.0391. The number of ether oxygens (including phenoxy) is 1. The van der Waals surface area contributed by atoms with Crippen molar-refractivity contribution in [3.8, 4) is 0 Å². The van der Waals surface area contributed by atoms with Crippen molar-refractivity contribution >= 4 is 48.5 Å². The van der Waals surface area contributed by atoms with Crippen LogP contribution in [0.25, 0.3) is 10.2 Å². The fourth-order valence-corrected chi connectivity index (χ4v) is 4.68. The van der Waals surface area contributed by atoms with Gasteiger partial charge in [-0.2, -0.15) is 5.10 Å². The molecule has 7 nitrogen and oxygen atoms in total. The predicted octanol–water partition coefficient (Wildman–Crippen LogP) is 3.25. The zero-order chi connectivity index (χ0) is 19.5. The van der Waals surface area contributed by atoms with Gasteiger partial charge in [-0.25, -0.2) is 4.98 Å². The van der Waals surface area contributed by atoms with E-state index >= 15 is 0 Å². The number of fused-ring (bicyclic) bond motifs is 1. The molecule has 148 valence electrons. The van der Waals surface area contributed by atoms with Gasteiger partial charge in [0.15, 0.2) is 10.8 Å². The molecular weight excluding hydrogens is 442 g/mol. The quantitative estimate of drug-likeness (QED) is 0.561. The van der Waals surface area contributed by atoms with Crippen LogP contribution < -0.4 is 4.90 Å². The molecule has 0 aliphatic carbocycles. The van der Waals surface area contributed by atoms with Crippen molar-refractivity contribution in [1.29, 1.82) is 0 Å². The first-order chi connectivity index (χ1) is 13.6. The van der Waals surface area contributed by atoms with E-state index in [1.165, 1.54) is 11.3 Å². The molecule has 28 heavy (non-hydrogen) atoms. The topological polar surface area (TPSA) is 63.5 Å². The molecule has 3 heterocycles. The van der Waals surface area contributed by atoms with Crippen LogP contribution in [0.15, 0.2) is 34.9 Å². The van der Waals surface area contributed by atoms with E-state index in [1.54, 1.807) is 15.6 Å². The number of benzene rings is 1. The Hall–Kier alpha value is -1.81. The van der Waals surface area contributed by atoms with Crippen LogP contribution >= 0.6 is 27.3 Å². The van der Waals surface area contributed by atoms with Crippen molar-refractivity contribution in [3.63, 3.8) is 0 Å². The number of nitrogens with zero attached hydrogens (tertiary/aromatic N) is 5. The summed E-state index contributed by atoms with van der Waals surface area (Å²) in [5.41, 5.74) is 1.34. The zero-order valence-electron chi connectivity index (χ0n) is 15.7. The molecule has 9 heteroatoms. The number of hydrogen-bond acceptors (Lipinski definition) is 6. The summed E-state index contributed by atoms with van der Waals surface area (Å²) in [6.07, 6.45) is 1.84. The maximum Gasteiger partial charge on any atom is 0.280 e. The van der Waals surface area contributed by atoms with E-state index in [0.717, 1.165) is 54.1 Å². The molecule has 1 aromatic carbocycles. The van der Waals surface area contributed by atoms with Crippen LogP contribution in [0.3, 0.4) is 0 Å². The summed E-state index contributed by atoms with van der Waals surface area (Å²) in [6.45, 7) is 7.34. The van der Waals surface area contributed by atoms with Gasteiger partial charge in [-0.1, -0.05) is 27.3 Å². The Morgan fingerprint density at radius 2 is 2.14 bits per heavy atom. The number of carbonyl (C=O) groups excluding carboxylic acids is 1. The van der Waals surface area contributed by atoms with E-state index in [-0.39, 0.29) is 5.91 Å². The largest absolute Gasteiger partial charge is 0.379 e. The molecule has 0 radical (unpaired) electrons. The molecule has 1 aliphatic heterocycles. The van der Waals surface area contributed by atoms with Gasteiger partial charge in [0.2, 0.25) is 0 Å². The molecule has 1 aliphatic rings. The van der Waals surface area contributed by atoms with Crippen molar-refractivity contribution in [2.45, 2.75) is 13.5 Å². The maximum atomic E-state index is 13.3. The van der Waals surface area contributed by atoms with Gasteiger partial charge in [-0.05, 0) is 31.2 Å². The van der Waals surface area contributed by atoms with Gasteiger partial charge in [0.25, 0.3) is 5.91 Å². The predicted molar refractivity (Wildman–Crippen MR) is 114 cm³/mol. The highest BCUT2D eigenvalue weighted by molar-refractivity contribution is 9.10. The van der Waals surface area contributed by atoms with E-state index in [2.05, 4.69) is 25.9 Å². The van der Waals surface area contributed by atoms with Crippen LogP contribution in [0.1, 0.15) is 17.4 Å². The second-order valence-corrected chi connectivity index (χ2v) is 8.50. The minimum absolute atomic E-state index is 0.112. The van der Waals surface area contributed by atoms with E-state index in [4.69, 9.17) is 9.72 Å². The Bertz CT molecular complexity index is 966. The first kappa shape index (κ1) is 19.5. The Balaban J connectivity index is 1.61. The maximum absolute atomic E-state index is 13.3. The monoisotopic (exact) mass is 463 g/mol. The number of aromatic nitrogens is 3. The molecule has 0 saturated carbocycles. The molecule has 0 unspecified atom stereocenters. The molecule has 3 aromatic rings. The van der Waals surface area contributed by atoms with Gasteiger partial charge in [0, 0.05) is 43.4 Å². The van der Waals surface area contributed by atoms with Crippen LogP contribution in [0.5, 0.6) is 0 Å². The Morgan fingerprint density at radius 1 is 1.32 bits per heavy atom. The fourth-order valence-electron chi connectivity index (χ4n) is 3.14. The lowest BCUT2D eigenvalue weighted by Gasteiger charge is -2.29. The minimum atomic E-state index is -0.112. The number of carbonyl (C=O) groups is 1. The van der Waals surface area contributed by atoms with Gasteiger partial charge in [0.1, 0.15) is 0 Å². The number of hydrogen-bond donors (Lipinski definition) is 0. The summed E-state index contributed by atoms with van der Waals surface area (Å²) in [4.78, 5) is 22.0. The second kappa shape index (κ2) is 8.69. The third kappa shape index (κ3) is 4.27.